The second kappa shape index (κ2) is 3.81. The first-order chi connectivity index (χ1) is 7.95. The van der Waals surface area contributed by atoms with Crippen molar-refractivity contribution in [1.82, 2.24) is 4.98 Å². The fourth-order valence-corrected chi connectivity index (χ4v) is 1.77. The number of aliphatic hydroxyl groups is 1. The van der Waals surface area contributed by atoms with E-state index in [9.17, 15) is 14.7 Å². The second-order valence-electron chi connectivity index (χ2n) is 4.03. The van der Waals surface area contributed by atoms with Gasteiger partial charge in [-0.05, 0) is 19.1 Å². The van der Waals surface area contributed by atoms with Gasteiger partial charge in [0.15, 0.2) is 0 Å². The number of pyridine rings is 1. The molecule has 0 aliphatic carbocycles. The first-order valence-corrected chi connectivity index (χ1v) is 5.15. The Balaban J connectivity index is 2.29. The van der Waals surface area contributed by atoms with Crippen molar-refractivity contribution in [2.45, 2.75) is 18.9 Å². The van der Waals surface area contributed by atoms with Crippen LogP contribution in [-0.4, -0.2) is 39.2 Å². The summed E-state index contributed by atoms with van der Waals surface area (Å²) in [5, 5.41) is 18.6. The molecule has 0 saturated carbocycles. The number of rotatable bonds is 2. The van der Waals surface area contributed by atoms with Crippen molar-refractivity contribution < 1.29 is 19.8 Å². The summed E-state index contributed by atoms with van der Waals surface area (Å²) < 4.78 is 0. The molecule has 1 aromatic heterocycles. The van der Waals surface area contributed by atoms with Gasteiger partial charge in [0.2, 0.25) is 5.60 Å². The highest BCUT2D eigenvalue weighted by atomic mass is 16.4. The average Bonchev–Trinajstić information content (AvgIpc) is 2.59. The van der Waals surface area contributed by atoms with E-state index in [1.165, 1.54) is 11.1 Å². The van der Waals surface area contributed by atoms with Gasteiger partial charge in [-0.3, -0.25) is 9.78 Å². The Hall–Kier alpha value is -1.95. The lowest BCUT2D eigenvalue weighted by Gasteiger charge is -2.18. The van der Waals surface area contributed by atoms with Crippen molar-refractivity contribution in [2.24, 2.45) is 0 Å². The predicted octanol–water partition coefficient (Wildman–Crippen LogP) is -0.0576. The molecule has 1 aliphatic rings. The van der Waals surface area contributed by atoms with E-state index >= 15 is 0 Å². The molecule has 2 heterocycles. The maximum atomic E-state index is 11.8. The van der Waals surface area contributed by atoms with Crippen molar-refractivity contribution in [3.63, 3.8) is 0 Å². The highest BCUT2D eigenvalue weighted by molar-refractivity contribution is 6.14. The number of hydrogen-bond acceptors (Lipinski definition) is 4. The number of amides is 1. The molecule has 1 atom stereocenters. The minimum atomic E-state index is -2.30. The van der Waals surface area contributed by atoms with Crippen LogP contribution >= 0.6 is 0 Å². The molecule has 6 nitrogen and oxygen atoms in total. The van der Waals surface area contributed by atoms with Crippen LogP contribution in [0.3, 0.4) is 0 Å². The highest BCUT2D eigenvalue weighted by Crippen LogP contribution is 2.28. The first-order valence-electron chi connectivity index (χ1n) is 5.15. The van der Waals surface area contributed by atoms with Gasteiger partial charge in [-0.15, -0.1) is 0 Å². The monoisotopic (exact) mass is 236 g/mol. The molecule has 0 bridgehead atoms. The van der Waals surface area contributed by atoms with Crippen molar-refractivity contribution >= 4 is 17.6 Å². The first kappa shape index (κ1) is 11.5. The standard InChI is InChI=1S/C11H12N2O4/c1-7-2-3-8(6-12-7)13-5-4-11(17,9(13)14)10(15)16/h2-3,6,17H,4-5H2,1H3,(H,15,16). The number of anilines is 1. The number of hydrogen-bond donors (Lipinski definition) is 2. The Morgan fingerprint density at radius 2 is 2.24 bits per heavy atom. The Labute approximate surface area is 97.5 Å². The third-order valence-corrected chi connectivity index (χ3v) is 2.86. The molecule has 1 unspecified atom stereocenters. The summed E-state index contributed by atoms with van der Waals surface area (Å²) in [7, 11) is 0. The molecule has 1 fully saturated rings. The summed E-state index contributed by atoms with van der Waals surface area (Å²) in [5.41, 5.74) is -1.00. The van der Waals surface area contributed by atoms with E-state index in [4.69, 9.17) is 5.11 Å². The molecule has 6 heteroatoms. The molecule has 0 spiro atoms. The summed E-state index contributed by atoms with van der Waals surface area (Å²) in [6, 6.07) is 3.40. The lowest BCUT2D eigenvalue weighted by Crippen LogP contribution is -2.46. The number of aliphatic carboxylic acids is 1. The van der Waals surface area contributed by atoms with E-state index in [0.29, 0.717) is 5.69 Å². The van der Waals surface area contributed by atoms with Gasteiger partial charge in [-0.2, -0.15) is 0 Å². The van der Waals surface area contributed by atoms with Gasteiger partial charge in [0.25, 0.3) is 5.91 Å². The van der Waals surface area contributed by atoms with Crippen LogP contribution in [0.2, 0.25) is 0 Å². The van der Waals surface area contributed by atoms with Crippen LogP contribution in [0.25, 0.3) is 0 Å². The van der Waals surface area contributed by atoms with Crippen LogP contribution in [-0.2, 0) is 9.59 Å². The van der Waals surface area contributed by atoms with Crippen LogP contribution in [0, 0.1) is 6.92 Å². The lowest BCUT2D eigenvalue weighted by atomic mass is 10.0. The summed E-state index contributed by atoms with van der Waals surface area (Å²) in [6.07, 6.45) is 1.37. The van der Waals surface area contributed by atoms with Crippen LogP contribution in [0.15, 0.2) is 18.3 Å². The zero-order chi connectivity index (χ0) is 12.6. The van der Waals surface area contributed by atoms with Crippen LogP contribution in [0.4, 0.5) is 5.69 Å². The van der Waals surface area contributed by atoms with Crippen LogP contribution in [0.1, 0.15) is 12.1 Å². The number of aromatic nitrogens is 1. The molecule has 17 heavy (non-hydrogen) atoms. The maximum absolute atomic E-state index is 11.8. The predicted molar refractivity (Wildman–Crippen MR) is 58.5 cm³/mol. The number of carboxylic acid groups (broad SMARTS) is 1. The summed E-state index contributed by atoms with van der Waals surface area (Å²) in [4.78, 5) is 27.9. The topological polar surface area (TPSA) is 90.7 Å². The number of carboxylic acids is 1. The molecule has 2 N–H and O–H groups in total. The summed E-state index contributed by atoms with van der Waals surface area (Å²) >= 11 is 0. The van der Waals surface area contributed by atoms with E-state index in [2.05, 4.69) is 4.98 Å². The van der Waals surface area contributed by atoms with E-state index in [-0.39, 0.29) is 13.0 Å². The third kappa shape index (κ3) is 1.76. The van der Waals surface area contributed by atoms with E-state index in [1.54, 1.807) is 12.1 Å². The van der Waals surface area contributed by atoms with Gasteiger partial charge in [0.05, 0.1) is 11.9 Å². The molecular weight excluding hydrogens is 224 g/mol. The van der Waals surface area contributed by atoms with E-state index in [0.717, 1.165) is 5.69 Å². The molecule has 2 rings (SSSR count). The fraction of sp³-hybridized carbons (Fsp3) is 0.364. The van der Waals surface area contributed by atoms with Gasteiger partial charge >= 0.3 is 5.97 Å². The number of carbonyl (C=O) groups excluding carboxylic acids is 1. The molecule has 0 aromatic carbocycles. The van der Waals surface area contributed by atoms with Gasteiger partial charge < -0.3 is 15.1 Å². The molecule has 1 aromatic rings. The lowest BCUT2D eigenvalue weighted by molar-refractivity contribution is -0.162. The Bertz CT molecular complexity index is 471. The van der Waals surface area contributed by atoms with Crippen molar-refractivity contribution in [2.75, 3.05) is 11.4 Å². The third-order valence-electron chi connectivity index (χ3n) is 2.86. The molecule has 90 valence electrons. The zero-order valence-electron chi connectivity index (χ0n) is 9.25. The Kier molecular flexibility index (Phi) is 2.59. The number of carbonyl (C=O) groups is 2. The van der Waals surface area contributed by atoms with Gasteiger partial charge in [0.1, 0.15) is 0 Å². The van der Waals surface area contributed by atoms with Crippen LogP contribution < -0.4 is 4.90 Å². The smallest absolute Gasteiger partial charge is 0.345 e. The summed E-state index contributed by atoms with van der Waals surface area (Å²) in [6.45, 7) is 1.98. The number of aryl methyl sites for hydroxylation is 1. The molecule has 1 saturated heterocycles. The Morgan fingerprint density at radius 1 is 1.53 bits per heavy atom. The summed E-state index contributed by atoms with van der Waals surface area (Å²) in [5.74, 6) is -2.32. The highest BCUT2D eigenvalue weighted by Gasteiger charge is 2.52. The van der Waals surface area contributed by atoms with E-state index in [1.807, 2.05) is 6.92 Å². The van der Waals surface area contributed by atoms with Crippen LogP contribution in [0.5, 0.6) is 0 Å². The van der Waals surface area contributed by atoms with Gasteiger partial charge in [-0.25, -0.2) is 4.79 Å². The van der Waals surface area contributed by atoms with Gasteiger partial charge in [-0.1, -0.05) is 0 Å². The average molecular weight is 236 g/mol. The normalized spacial score (nSPS) is 24.1. The maximum Gasteiger partial charge on any atom is 0.345 e. The zero-order valence-corrected chi connectivity index (χ0v) is 9.25. The molecule has 1 amide bonds. The fourth-order valence-electron chi connectivity index (χ4n) is 1.77. The largest absolute Gasteiger partial charge is 0.479 e. The minimum Gasteiger partial charge on any atom is -0.479 e. The minimum absolute atomic E-state index is 0.116. The second-order valence-corrected chi connectivity index (χ2v) is 4.03. The van der Waals surface area contributed by atoms with E-state index < -0.39 is 17.5 Å². The quantitative estimate of drug-likeness (QED) is 0.702. The van der Waals surface area contributed by atoms with Crippen molar-refractivity contribution in [1.29, 1.82) is 0 Å². The van der Waals surface area contributed by atoms with Crippen molar-refractivity contribution in [3.05, 3.63) is 24.0 Å². The molecular formula is C11H12N2O4. The molecule has 0 radical (unpaired) electrons. The SMILES string of the molecule is Cc1ccc(N2CCC(O)(C(=O)O)C2=O)cn1. The van der Waals surface area contributed by atoms with Gasteiger partial charge in [0, 0.05) is 18.7 Å². The van der Waals surface area contributed by atoms with Crippen molar-refractivity contribution in [3.8, 4) is 0 Å². The molecule has 1 aliphatic heterocycles. The number of nitrogens with zero attached hydrogens (tertiary/aromatic N) is 2. The Morgan fingerprint density at radius 3 is 2.71 bits per heavy atom.